The number of nitrogens with one attached hydrogen (secondary N) is 1. The molecule has 0 heterocycles. The molecule has 1 N–H and O–H groups in total. The van der Waals surface area contributed by atoms with Crippen molar-refractivity contribution in [2.24, 2.45) is 0 Å². The summed E-state index contributed by atoms with van der Waals surface area (Å²) in [6.45, 7) is 2.13. The minimum Gasteiger partial charge on any atom is -0.383 e. The highest BCUT2D eigenvalue weighted by Crippen LogP contribution is 2.16. The van der Waals surface area contributed by atoms with Crippen molar-refractivity contribution in [3.05, 3.63) is 64.6 Å². The van der Waals surface area contributed by atoms with E-state index in [9.17, 15) is 0 Å². The summed E-state index contributed by atoms with van der Waals surface area (Å²) in [6.07, 6.45) is 0. The molecule has 3 nitrogen and oxygen atoms in total. The lowest BCUT2D eigenvalue weighted by molar-refractivity contribution is 0.175. The maximum atomic E-state index is 5.56. The van der Waals surface area contributed by atoms with Crippen LogP contribution in [0.1, 0.15) is 5.56 Å². The number of methoxy groups -OCH3 is 1. The fourth-order valence-electron chi connectivity index (χ4n) is 2.03. The summed E-state index contributed by atoms with van der Waals surface area (Å²) >= 11 is 9.03. The van der Waals surface area contributed by atoms with Gasteiger partial charge >= 0.3 is 0 Å². The zero-order valence-electron chi connectivity index (χ0n) is 12.5. The molecule has 0 aliphatic rings. The van der Waals surface area contributed by atoms with Crippen LogP contribution in [-0.2, 0) is 11.3 Å². The second-order valence-electron chi connectivity index (χ2n) is 4.84. The molecule has 0 saturated heterocycles. The normalized spacial score (nSPS) is 10.3. The van der Waals surface area contributed by atoms with Crippen molar-refractivity contribution in [3.8, 4) is 0 Å². The first-order valence-electron chi connectivity index (χ1n) is 7.03. The third kappa shape index (κ3) is 5.40. The maximum Gasteiger partial charge on any atom is 0.173 e. The molecule has 0 spiro atoms. The minimum atomic E-state index is 0.632. The molecule has 22 heavy (non-hydrogen) atoms. The lowest BCUT2D eigenvalue weighted by Crippen LogP contribution is -2.36. The Morgan fingerprint density at radius 1 is 1.18 bits per heavy atom. The smallest absolute Gasteiger partial charge is 0.173 e. The van der Waals surface area contributed by atoms with Gasteiger partial charge in [0.05, 0.1) is 6.61 Å². The highest BCUT2D eigenvalue weighted by Gasteiger charge is 2.10. The molecule has 2 aromatic rings. The van der Waals surface area contributed by atoms with Gasteiger partial charge < -0.3 is 15.0 Å². The molecule has 2 aromatic carbocycles. The molecule has 0 radical (unpaired) electrons. The van der Waals surface area contributed by atoms with Crippen molar-refractivity contribution in [3.63, 3.8) is 0 Å². The van der Waals surface area contributed by atoms with Crippen LogP contribution in [0.3, 0.4) is 0 Å². The predicted molar refractivity (Wildman–Crippen MR) is 99.1 cm³/mol. The lowest BCUT2D eigenvalue weighted by atomic mass is 10.2. The molecule has 0 unspecified atom stereocenters. The zero-order valence-corrected chi connectivity index (χ0v) is 14.9. The van der Waals surface area contributed by atoms with Crippen LogP contribution >= 0.6 is 28.1 Å². The fourth-order valence-corrected chi connectivity index (χ4v) is 2.70. The third-order valence-corrected chi connectivity index (χ3v) is 4.00. The Kier molecular flexibility index (Phi) is 6.83. The first-order valence-corrected chi connectivity index (χ1v) is 8.23. The Morgan fingerprint density at radius 3 is 2.64 bits per heavy atom. The topological polar surface area (TPSA) is 24.5 Å². The quantitative estimate of drug-likeness (QED) is 0.757. The van der Waals surface area contributed by atoms with Gasteiger partial charge in [-0.25, -0.2) is 0 Å². The van der Waals surface area contributed by atoms with E-state index in [2.05, 4.69) is 38.3 Å². The summed E-state index contributed by atoms with van der Waals surface area (Å²) in [5.74, 6) is 0. The minimum absolute atomic E-state index is 0.632. The lowest BCUT2D eigenvalue weighted by Gasteiger charge is -2.26. The van der Waals surface area contributed by atoms with Gasteiger partial charge in [-0.15, -0.1) is 0 Å². The van der Waals surface area contributed by atoms with Gasteiger partial charge in [-0.1, -0.05) is 52.3 Å². The number of anilines is 1. The van der Waals surface area contributed by atoms with Gasteiger partial charge in [0, 0.05) is 30.4 Å². The molecule has 0 fully saturated rings. The Hall–Kier alpha value is -1.43. The number of nitrogens with zero attached hydrogens (tertiary/aromatic N) is 1. The van der Waals surface area contributed by atoms with Crippen LogP contribution in [0.5, 0.6) is 0 Å². The van der Waals surface area contributed by atoms with E-state index in [1.165, 1.54) is 5.56 Å². The number of hydrogen-bond donors (Lipinski definition) is 1. The van der Waals surface area contributed by atoms with Crippen molar-refractivity contribution in [1.29, 1.82) is 0 Å². The van der Waals surface area contributed by atoms with Crippen LogP contribution < -0.4 is 5.32 Å². The Bertz CT molecular complexity index is 607. The highest BCUT2D eigenvalue weighted by molar-refractivity contribution is 9.10. The van der Waals surface area contributed by atoms with Crippen LogP contribution in [0.4, 0.5) is 5.69 Å². The number of rotatable bonds is 6. The van der Waals surface area contributed by atoms with Crippen molar-refractivity contribution in [2.75, 3.05) is 25.6 Å². The standard InChI is InChI=1S/C17H19BrN2OS/c1-21-11-10-20(13-14-6-3-2-4-7-14)17(22)19-16-9-5-8-15(18)12-16/h2-9,12H,10-11,13H2,1H3,(H,19,22). The Morgan fingerprint density at radius 2 is 1.95 bits per heavy atom. The average molecular weight is 379 g/mol. The second kappa shape index (κ2) is 8.88. The van der Waals surface area contributed by atoms with E-state index in [-0.39, 0.29) is 0 Å². The second-order valence-corrected chi connectivity index (χ2v) is 6.14. The first-order chi connectivity index (χ1) is 10.7. The molecule has 0 amide bonds. The molecule has 116 valence electrons. The predicted octanol–water partition coefficient (Wildman–Crippen LogP) is 4.29. The number of thiocarbonyl (C=S) groups is 1. The number of benzene rings is 2. The first kappa shape index (κ1) is 16.9. The van der Waals surface area contributed by atoms with Crippen LogP contribution in [0, 0.1) is 0 Å². The van der Waals surface area contributed by atoms with Gasteiger partial charge in [0.2, 0.25) is 0 Å². The van der Waals surface area contributed by atoms with E-state index in [4.69, 9.17) is 17.0 Å². The van der Waals surface area contributed by atoms with Gasteiger partial charge in [0.1, 0.15) is 0 Å². The summed E-state index contributed by atoms with van der Waals surface area (Å²) < 4.78 is 6.21. The summed E-state index contributed by atoms with van der Waals surface area (Å²) in [5.41, 5.74) is 2.19. The zero-order chi connectivity index (χ0) is 15.8. The molecule has 0 aliphatic carbocycles. The maximum absolute atomic E-state index is 5.56. The molecule has 0 aromatic heterocycles. The van der Waals surface area contributed by atoms with E-state index < -0.39 is 0 Å². The van der Waals surface area contributed by atoms with E-state index in [1.54, 1.807) is 7.11 Å². The van der Waals surface area contributed by atoms with Crippen LogP contribution in [0.15, 0.2) is 59.1 Å². The molecular weight excluding hydrogens is 360 g/mol. The molecule has 0 aliphatic heterocycles. The molecule has 0 atom stereocenters. The average Bonchev–Trinajstić information content (AvgIpc) is 2.52. The van der Waals surface area contributed by atoms with Gasteiger partial charge in [0.15, 0.2) is 5.11 Å². The van der Waals surface area contributed by atoms with E-state index in [0.29, 0.717) is 11.7 Å². The van der Waals surface area contributed by atoms with Gasteiger partial charge in [-0.05, 0) is 36.0 Å². The Balaban J connectivity index is 2.05. The molecule has 2 rings (SSSR count). The van der Waals surface area contributed by atoms with Gasteiger partial charge in [-0.3, -0.25) is 0 Å². The summed E-state index contributed by atoms with van der Waals surface area (Å²) in [4.78, 5) is 2.11. The van der Waals surface area contributed by atoms with Crippen molar-refractivity contribution < 1.29 is 4.74 Å². The van der Waals surface area contributed by atoms with E-state index >= 15 is 0 Å². The third-order valence-electron chi connectivity index (χ3n) is 3.14. The van der Waals surface area contributed by atoms with Crippen LogP contribution in [-0.4, -0.2) is 30.3 Å². The van der Waals surface area contributed by atoms with Crippen LogP contribution in [0.2, 0.25) is 0 Å². The monoisotopic (exact) mass is 378 g/mol. The largest absolute Gasteiger partial charge is 0.383 e. The molecular formula is C17H19BrN2OS. The summed E-state index contributed by atoms with van der Waals surface area (Å²) in [6, 6.07) is 18.2. The summed E-state index contributed by atoms with van der Waals surface area (Å²) in [5, 5.41) is 3.98. The van der Waals surface area contributed by atoms with Crippen LogP contribution in [0.25, 0.3) is 0 Å². The highest BCUT2D eigenvalue weighted by atomic mass is 79.9. The van der Waals surface area contributed by atoms with E-state index in [0.717, 1.165) is 23.2 Å². The summed E-state index contributed by atoms with van der Waals surface area (Å²) in [7, 11) is 1.70. The SMILES string of the molecule is COCCN(Cc1ccccc1)C(=S)Nc1cccc(Br)c1. The molecule has 0 saturated carbocycles. The number of ether oxygens (including phenoxy) is 1. The van der Waals surface area contributed by atoms with Crippen molar-refractivity contribution >= 4 is 38.9 Å². The molecule has 0 bridgehead atoms. The fraction of sp³-hybridized carbons (Fsp3) is 0.235. The Labute approximate surface area is 145 Å². The van der Waals surface area contributed by atoms with Gasteiger partial charge in [-0.2, -0.15) is 0 Å². The molecule has 5 heteroatoms. The van der Waals surface area contributed by atoms with Gasteiger partial charge in [0.25, 0.3) is 0 Å². The van der Waals surface area contributed by atoms with Crippen molar-refractivity contribution in [1.82, 2.24) is 4.90 Å². The van der Waals surface area contributed by atoms with Crippen molar-refractivity contribution in [2.45, 2.75) is 6.54 Å². The number of halogens is 1. The number of hydrogen-bond acceptors (Lipinski definition) is 2. The van der Waals surface area contributed by atoms with E-state index in [1.807, 2.05) is 42.5 Å².